The van der Waals surface area contributed by atoms with Crippen LogP contribution in [0.3, 0.4) is 0 Å². The molecule has 14 heavy (non-hydrogen) atoms. The van der Waals surface area contributed by atoms with E-state index in [4.69, 9.17) is 4.74 Å². The number of rotatable bonds is 3. The lowest BCUT2D eigenvalue weighted by Gasteiger charge is -2.26. The molecular weight excluding hydrogens is 182 g/mol. The van der Waals surface area contributed by atoms with Crippen LogP contribution in [0.25, 0.3) is 0 Å². The van der Waals surface area contributed by atoms with Crippen LogP contribution in [0.1, 0.15) is 26.2 Å². The molecule has 2 rings (SSSR count). The highest BCUT2D eigenvalue weighted by molar-refractivity contribution is 5.80. The summed E-state index contributed by atoms with van der Waals surface area (Å²) in [6, 6.07) is 0. The molecule has 0 aromatic rings. The molecule has 0 bridgehead atoms. The first-order valence-electron chi connectivity index (χ1n) is 5.23. The normalized spacial score (nSPS) is 37.1. The lowest BCUT2D eigenvalue weighted by molar-refractivity contribution is -0.124. The number of hydrogen-bond donors (Lipinski definition) is 2. The van der Waals surface area contributed by atoms with Crippen molar-refractivity contribution < 1.29 is 14.6 Å². The van der Waals surface area contributed by atoms with Crippen LogP contribution in [0.5, 0.6) is 0 Å². The van der Waals surface area contributed by atoms with E-state index < -0.39 is 5.60 Å². The van der Waals surface area contributed by atoms with Gasteiger partial charge >= 0.3 is 0 Å². The molecule has 1 aliphatic heterocycles. The Hall–Kier alpha value is -0.610. The third-order valence-electron chi connectivity index (χ3n) is 3.18. The van der Waals surface area contributed by atoms with Crippen LogP contribution in [-0.2, 0) is 9.53 Å². The summed E-state index contributed by atoms with van der Waals surface area (Å²) in [6.07, 6.45) is 2.42. The van der Waals surface area contributed by atoms with Crippen LogP contribution < -0.4 is 5.32 Å². The molecule has 0 radical (unpaired) electrons. The smallest absolute Gasteiger partial charge is 0.223 e. The quantitative estimate of drug-likeness (QED) is 0.675. The molecule has 0 aromatic carbocycles. The fraction of sp³-hybridized carbons (Fsp3) is 0.900. The predicted molar refractivity (Wildman–Crippen MR) is 50.7 cm³/mol. The second-order valence-electron chi connectivity index (χ2n) is 4.36. The highest BCUT2D eigenvalue weighted by Crippen LogP contribution is 2.29. The van der Waals surface area contributed by atoms with Crippen molar-refractivity contribution in [1.82, 2.24) is 5.32 Å². The van der Waals surface area contributed by atoms with Crippen LogP contribution in [0.15, 0.2) is 0 Å². The molecule has 0 spiro atoms. The first-order valence-corrected chi connectivity index (χ1v) is 5.23. The summed E-state index contributed by atoms with van der Waals surface area (Å²) in [4.78, 5) is 11.3. The average Bonchev–Trinajstić information content (AvgIpc) is 2.93. The zero-order chi connectivity index (χ0) is 10.2. The molecule has 4 nitrogen and oxygen atoms in total. The molecule has 2 aliphatic rings. The fourth-order valence-electron chi connectivity index (χ4n) is 1.73. The van der Waals surface area contributed by atoms with E-state index in [1.165, 1.54) is 0 Å². The van der Waals surface area contributed by atoms with Crippen LogP contribution in [0.2, 0.25) is 0 Å². The van der Waals surface area contributed by atoms with E-state index in [2.05, 4.69) is 5.32 Å². The summed E-state index contributed by atoms with van der Waals surface area (Å²) in [5.41, 5.74) is -0.857. The van der Waals surface area contributed by atoms with Crippen molar-refractivity contribution in [1.29, 1.82) is 0 Å². The van der Waals surface area contributed by atoms with Crippen molar-refractivity contribution in [3.8, 4) is 0 Å². The molecule has 2 fully saturated rings. The minimum Gasteiger partial charge on any atom is -0.385 e. The number of nitrogens with one attached hydrogen (secondary N) is 1. The van der Waals surface area contributed by atoms with Crippen molar-refractivity contribution in [2.45, 2.75) is 37.9 Å². The molecule has 2 unspecified atom stereocenters. The highest BCUT2D eigenvalue weighted by Gasteiger charge is 2.40. The molecule has 1 aliphatic carbocycles. The van der Waals surface area contributed by atoms with Crippen LogP contribution >= 0.6 is 0 Å². The lowest BCUT2D eigenvalue weighted by atomic mass is 9.97. The molecule has 2 atom stereocenters. The van der Waals surface area contributed by atoms with Crippen LogP contribution in [0, 0.1) is 5.92 Å². The highest BCUT2D eigenvalue weighted by atomic mass is 16.5. The third-order valence-corrected chi connectivity index (χ3v) is 3.18. The molecule has 1 heterocycles. The monoisotopic (exact) mass is 199 g/mol. The topological polar surface area (TPSA) is 58.6 Å². The van der Waals surface area contributed by atoms with Gasteiger partial charge in [0.25, 0.3) is 0 Å². The van der Waals surface area contributed by atoms with Gasteiger partial charge in [-0.25, -0.2) is 0 Å². The number of carbonyl (C=O) groups is 1. The van der Waals surface area contributed by atoms with Crippen molar-refractivity contribution in [3.05, 3.63) is 0 Å². The Balaban J connectivity index is 1.80. The minimum absolute atomic E-state index is 0.0810. The first-order chi connectivity index (χ1) is 6.62. The SMILES string of the molecule is CC1OCCC1(O)CNC(=O)C1CC1. The molecule has 0 aromatic heterocycles. The van der Waals surface area contributed by atoms with Gasteiger partial charge in [-0.05, 0) is 19.8 Å². The number of hydrogen-bond acceptors (Lipinski definition) is 3. The van der Waals surface area contributed by atoms with Gasteiger partial charge in [0, 0.05) is 25.5 Å². The van der Waals surface area contributed by atoms with Crippen molar-refractivity contribution in [2.24, 2.45) is 5.92 Å². The van der Waals surface area contributed by atoms with E-state index in [1.54, 1.807) is 0 Å². The Kier molecular flexibility index (Phi) is 2.49. The van der Waals surface area contributed by atoms with Crippen LogP contribution in [-0.4, -0.2) is 35.9 Å². The number of aliphatic hydroxyl groups is 1. The van der Waals surface area contributed by atoms with Gasteiger partial charge in [-0.1, -0.05) is 0 Å². The standard InChI is InChI=1S/C10H17NO3/c1-7-10(13,4-5-14-7)6-11-9(12)8-2-3-8/h7-8,13H,2-6H2,1H3,(H,11,12). The van der Waals surface area contributed by atoms with Crippen molar-refractivity contribution >= 4 is 5.91 Å². The largest absolute Gasteiger partial charge is 0.385 e. The van der Waals surface area contributed by atoms with Gasteiger partial charge in [-0.3, -0.25) is 4.79 Å². The van der Waals surface area contributed by atoms with Gasteiger partial charge < -0.3 is 15.2 Å². The minimum atomic E-state index is -0.857. The Labute approximate surface area is 83.6 Å². The summed E-state index contributed by atoms with van der Waals surface area (Å²) in [7, 11) is 0. The molecule has 1 saturated heterocycles. The Bertz CT molecular complexity index is 240. The van der Waals surface area contributed by atoms with Crippen molar-refractivity contribution in [2.75, 3.05) is 13.2 Å². The second kappa shape index (κ2) is 3.51. The summed E-state index contributed by atoms with van der Waals surface area (Å²) < 4.78 is 5.28. The van der Waals surface area contributed by atoms with E-state index in [-0.39, 0.29) is 17.9 Å². The summed E-state index contributed by atoms with van der Waals surface area (Å²) >= 11 is 0. The van der Waals surface area contributed by atoms with Gasteiger partial charge in [0.1, 0.15) is 5.60 Å². The Morgan fingerprint density at radius 1 is 1.64 bits per heavy atom. The fourth-order valence-corrected chi connectivity index (χ4v) is 1.73. The van der Waals surface area contributed by atoms with Crippen LogP contribution in [0.4, 0.5) is 0 Å². The van der Waals surface area contributed by atoms with Gasteiger partial charge in [-0.2, -0.15) is 0 Å². The van der Waals surface area contributed by atoms with E-state index >= 15 is 0 Å². The molecule has 2 N–H and O–H groups in total. The van der Waals surface area contributed by atoms with Gasteiger partial charge in [0.15, 0.2) is 0 Å². The lowest BCUT2D eigenvalue weighted by Crippen LogP contribution is -2.47. The third kappa shape index (κ3) is 1.91. The predicted octanol–water partition coefficient (Wildman–Crippen LogP) is 0.0525. The summed E-state index contributed by atoms with van der Waals surface area (Å²) in [6.45, 7) is 2.75. The Morgan fingerprint density at radius 2 is 2.36 bits per heavy atom. The molecule has 1 saturated carbocycles. The van der Waals surface area contributed by atoms with E-state index in [0.717, 1.165) is 12.8 Å². The van der Waals surface area contributed by atoms with E-state index in [1.807, 2.05) is 6.92 Å². The summed E-state index contributed by atoms with van der Waals surface area (Å²) in [5.74, 6) is 0.286. The van der Waals surface area contributed by atoms with Gasteiger partial charge in [0.2, 0.25) is 5.91 Å². The summed E-state index contributed by atoms with van der Waals surface area (Å²) in [5, 5.41) is 12.9. The number of carbonyl (C=O) groups excluding carboxylic acids is 1. The average molecular weight is 199 g/mol. The first kappa shape index (κ1) is 9.93. The zero-order valence-corrected chi connectivity index (χ0v) is 8.45. The maximum Gasteiger partial charge on any atom is 0.223 e. The maximum atomic E-state index is 11.3. The zero-order valence-electron chi connectivity index (χ0n) is 8.45. The van der Waals surface area contributed by atoms with Gasteiger partial charge in [0.05, 0.1) is 6.10 Å². The molecule has 1 amide bonds. The maximum absolute atomic E-state index is 11.3. The van der Waals surface area contributed by atoms with Gasteiger partial charge in [-0.15, -0.1) is 0 Å². The molecule has 4 heteroatoms. The number of ether oxygens (including phenoxy) is 1. The Morgan fingerprint density at radius 3 is 2.86 bits per heavy atom. The van der Waals surface area contributed by atoms with E-state index in [0.29, 0.717) is 19.6 Å². The molecular formula is C10H17NO3. The second-order valence-corrected chi connectivity index (χ2v) is 4.36. The van der Waals surface area contributed by atoms with E-state index in [9.17, 15) is 9.90 Å². The van der Waals surface area contributed by atoms with Crippen molar-refractivity contribution in [3.63, 3.8) is 0 Å². The molecule has 80 valence electrons. The number of amides is 1.